The van der Waals surface area contributed by atoms with Crippen molar-refractivity contribution in [2.45, 2.75) is 19.4 Å². The summed E-state index contributed by atoms with van der Waals surface area (Å²) in [4.78, 5) is 29.1. The number of nitrogens with zero attached hydrogens (tertiary/aromatic N) is 3. The zero-order chi connectivity index (χ0) is 25.9. The minimum absolute atomic E-state index is 0.211. The molecule has 36 heavy (non-hydrogen) atoms. The molecular formula is C23H20FN5O6S. The molecule has 13 heteroatoms. The van der Waals surface area contributed by atoms with E-state index in [4.69, 9.17) is 21.9 Å². The molecule has 0 fully saturated rings. The molecule has 0 bridgehead atoms. The molecule has 5 aromatic rings. The van der Waals surface area contributed by atoms with Crippen LogP contribution in [0.2, 0.25) is 0 Å². The summed E-state index contributed by atoms with van der Waals surface area (Å²) in [5.41, 5.74) is 2.22. The van der Waals surface area contributed by atoms with Crippen LogP contribution in [0, 0.1) is 5.82 Å². The lowest BCUT2D eigenvalue weighted by Crippen LogP contribution is -2.17. The van der Waals surface area contributed by atoms with Gasteiger partial charge < -0.3 is 14.7 Å². The van der Waals surface area contributed by atoms with Crippen molar-refractivity contribution >= 4 is 38.3 Å². The number of nitrogens with one attached hydrogen (secondary N) is 2. The Morgan fingerprint density at radius 2 is 1.86 bits per heavy atom. The Kier molecular flexibility index (Phi) is 7.05. The number of benzene rings is 2. The number of H-pyrrole nitrogens is 1. The van der Waals surface area contributed by atoms with Crippen molar-refractivity contribution in [3.8, 4) is 11.1 Å². The van der Waals surface area contributed by atoms with Gasteiger partial charge in [-0.1, -0.05) is 31.2 Å². The number of rotatable bonds is 5. The van der Waals surface area contributed by atoms with Gasteiger partial charge in [-0.2, -0.15) is 8.42 Å². The fraction of sp³-hybridized carbons (Fsp3) is 0.130. The molecule has 4 N–H and O–H groups in total. The smallest absolute Gasteiger partial charge is 0.394 e. The van der Waals surface area contributed by atoms with Crippen molar-refractivity contribution in [2.24, 2.45) is 0 Å². The van der Waals surface area contributed by atoms with Crippen molar-refractivity contribution < 1.29 is 26.3 Å². The molecule has 0 spiro atoms. The number of anilines is 1. The molecule has 0 unspecified atom stereocenters. The molecule has 0 saturated carbocycles. The average Bonchev–Trinajstić information content (AvgIpc) is 3.31. The predicted octanol–water partition coefficient (Wildman–Crippen LogP) is 4.18. The van der Waals surface area contributed by atoms with E-state index in [0.717, 1.165) is 0 Å². The first-order chi connectivity index (χ1) is 17.2. The van der Waals surface area contributed by atoms with E-state index < -0.39 is 22.3 Å². The van der Waals surface area contributed by atoms with Gasteiger partial charge in [0.1, 0.15) is 29.0 Å². The van der Waals surface area contributed by atoms with Gasteiger partial charge in [-0.05, 0) is 36.2 Å². The van der Waals surface area contributed by atoms with Crippen LogP contribution in [0.3, 0.4) is 0 Å². The molecular weight excluding hydrogens is 493 g/mol. The van der Waals surface area contributed by atoms with Crippen molar-refractivity contribution in [1.29, 1.82) is 0 Å². The van der Waals surface area contributed by atoms with Gasteiger partial charge in [0, 0.05) is 0 Å². The molecule has 2 aromatic carbocycles. The monoisotopic (exact) mass is 513 g/mol. The summed E-state index contributed by atoms with van der Waals surface area (Å²) in [7, 11) is -4.67. The topological polar surface area (TPSA) is 171 Å². The van der Waals surface area contributed by atoms with Gasteiger partial charge in [0.25, 0.3) is 0 Å². The summed E-state index contributed by atoms with van der Waals surface area (Å²) in [5, 5.41) is 3.78. The lowest BCUT2D eigenvalue weighted by molar-refractivity contribution is 0.381. The number of halogens is 1. The molecule has 186 valence electrons. The number of hydrogen-bond donors (Lipinski definition) is 4. The third-order valence-corrected chi connectivity index (χ3v) is 5.20. The summed E-state index contributed by atoms with van der Waals surface area (Å²) in [6.07, 6.45) is 3.55. The maximum absolute atomic E-state index is 14.0. The average molecular weight is 514 g/mol. The van der Waals surface area contributed by atoms with Crippen molar-refractivity contribution in [1.82, 2.24) is 19.9 Å². The van der Waals surface area contributed by atoms with E-state index in [9.17, 15) is 9.18 Å². The highest BCUT2D eigenvalue weighted by Crippen LogP contribution is 2.33. The van der Waals surface area contributed by atoms with Crippen LogP contribution in [0.25, 0.3) is 33.3 Å². The number of fused-ring (bicyclic) bond motifs is 2. The van der Waals surface area contributed by atoms with Crippen LogP contribution in [-0.4, -0.2) is 37.5 Å². The van der Waals surface area contributed by atoms with Crippen LogP contribution in [0.5, 0.6) is 0 Å². The molecule has 11 nitrogen and oxygen atoms in total. The highest BCUT2D eigenvalue weighted by atomic mass is 32.3. The fourth-order valence-electron chi connectivity index (χ4n) is 3.71. The van der Waals surface area contributed by atoms with Gasteiger partial charge in [0.2, 0.25) is 5.43 Å². The second-order valence-electron chi connectivity index (χ2n) is 7.55. The minimum Gasteiger partial charge on any atom is -0.458 e. The van der Waals surface area contributed by atoms with E-state index >= 15 is 0 Å². The molecule has 3 heterocycles. The molecule has 3 aromatic heterocycles. The summed E-state index contributed by atoms with van der Waals surface area (Å²) in [5.74, 6) is 0.533. The highest BCUT2D eigenvalue weighted by Gasteiger charge is 2.24. The van der Waals surface area contributed by atoms with Crippen LogP contribution in [0.1, 0.15) is 25.1 Å². The molecule has 0 radical (unpaired) electrons. The lowest BCUT2D eigenvalue weighted by Gasteiger charge is -2.20. The van der Waals surface area contributed by atoms with E-state index in [-0.39, 0.29) is 5.43 Å². The zero-order valence-electron chi connectivity index (χ0n) is 18.7. The molecule has 0 aliphatic carbocycles. The fourth-order valence-corrected chi connectivity index (χ4v) is 3.71. The van der Waals surface area contributed by atoms with E-state index in [1.165, 1.54) is 18.5 Å². The van der Waals surface area contributed by atoms with Crippen molar-refractivity contribution in [2.75, 3.05) is 5.32 Å². The van der Waals surface area contributed by atoms with E-state index in [0.29, 0.717) is 51.3 Å². The van der Waals surface area contributed by atoms with Gasteiger partial charge >= 0.3 is 10.4 Å². The van der Waals surface area contributed by atoms with Crippen LogP contribution < -0.4 is 10.7 Å². The normalized spacial score (nSPS) is 12.2. The van der Waals surface area contributed by atoms with E-state index in [1.54, 1.807) is 36.7 Å². The van der Waals surface area contributed by atoms with E-state index in [2.05, 4.69) is 25.3 Å². The molecule has 0 amide bonds. The predicted molar refractivity (Wildman–Crippen MR) is 130 cm³/mol. The third kappa shape index (κ3) is 5.54. The first kappa shape index (κ1) is 24.9. The molecule has 0 saturated heterocycles. The Balaban J connectivity index is 0.000000556. The summed E-state index contributed by atoms with van der Waals surface area (Å²) in [6, 6.07) is 12.6. The molecule has 0 aliphatic heterocycles. The summed E-state index contributed by atoms with van der Waals surface area (Å²) in [6.45, 7) is 1.97. The van der Waals surface area contributed by atoms with Crippen molar-refractivity contribution in [3.05, 3.63) is 83.0 Å². The lowest BCUT2D eigenvalue weighted by atomic mass is 9.97. The molecule has 0 aliphatic rings. The van der Waals surface area contributed by atoms with Crippen LogP contribution in [0.15, 0.2) is 70.4 Å². The maximum Gasteiger partial charge on any atom is 0.394 e. The second-order valence-corrected chi connectivity index (χ2v) is 8.45. The van der Waals surface area contributed by atoms with Gasteiger partial charge in [-0.25, -0.2) is 19.3 Å². The standard InChI is InChI=1S/C23H18FN5O2.H2O4S/c1-2-16(29-23-19-22(26-11-25-19)27-12-28-23)21-18(13-6-5-7-14(24)10-13)20(30)15-8-3-4-9-17(15)31-21;1-5(2,3)4/h3-12,16H,2H2,1H3,(H2,25,26,27,28,29);(H2,1,2,3,4)/t16-;/m0./s1. The first-order valence-corrected chi connectivity index (χ1v) is 12.0. The Morgan fingerprint density at radius 1 is 1.11 bits per heavy atom. The second kappa shape index (κ2) is 10.2. The minimum atomic E-state index is -4.67. The van der Waals surface area contributed by atoms with Gasteiger partial charge in [-0.15, -0.1) is 0 Å². The largest absolute Gasteiger partial charge is 0.458 e. The third-order valence-electron chi connectivity index (χ3n) is 5.20. The van der Waals surface area contributed by atoms with Gasteiger partial charge in [-0.3, -0.25) is 13.9 Å². The maximum atomic E-state index is 14.0. The molecule has 1 atom stereocenters. The Hall–Kier alpha value is -4.20. The number of aromatic amines is 1. The first-order valence-electron chi connectivity index (χ1n) is 10.6. The number of aromatic nitrogens is 4. The van der Waals surface area contributed by atoms with E-state index in [1.807, 2.05) is 13.0 Å². The van der Waals surface area contributed by atoms with Gasteiger partial charge in [0.15, 0.2) is 11.5 Å². The highest BCUT2D eigenvalue weighted by molar-refractivity contribution is 7.79. The van der Waals surface area contributed by atoms with Gasteiger partial charge in [0.05, 0.1) is 23.3 Å². The summed E-state index contributed by atoms with van der Waals surface area (Å²) >= 11 is 0. The Labute approximate surface area is 203 Å². The quantitative estimate of drug-likeness (QED) is 0.250. The molecule has 5 rings (SSSR count). The van der Waals surface area contributed by atoms with Crippen LogP contribution in [-0.2, 0) is 10.4 Å². The Bertz CT molecular complexity index is 1690. The number of hydrogen-bond acceptors (Lipinski definition) is 8. The van der Waals surface area contributed by atoms with Crippen molar-refractivity contribution in [3.63, 3.8) is 0 Å². The summed E-state index contributed by atoms with van der Waals surface area (Å²) < 4.78 is 51.8. The number of para-hydroxylation sites is 1. The zero-order valence-corrected chi connectivity index (χ0v) is 19.5. The van der Waals surface area contributed by atoms with Crippen LogP contribution >= 0.6 is 0 Å². The number of imidazole rings is 1. The Morgan fingerprint density at radius 3 is 2.58 bits per heavy atom. The SMILES string of the molecule is CC[C@H](Nc1ncnc2nc[nH]c12)c1oc2ccccc2c(=O)c1-c1cccc(F)c1.O=S(=O)(O)O. The van der Waals surface area contributed by atoms with Crippen LogP contribution in [0.4, 0.5) is 10.2 Å².